The first-order valence-electron chi connectivity index (χ1n) is 6.82. The van der Waals surface area contributed by atoms with Crippen LogP contribution in [0.3, 0.4) is 0 Å². The molecule has 0 fully saturated rings. The smallest absolute Gasteiger partial charge is 0.412 e. The van der Waals surface area contributed by atoms with E-state index in [-0.39, 0.29) is 24.9 Å². The fourth-order valence-electron chi connectivity index (χ4n) is 1.70. The normalized spacial score (nSPS) is 10.0. The van der Waals surface area contributed by atoms with Crippen LogP contribution in [0.5, 0.6) is 0 Å². The molecule has 1 heterocycles. The third kappa shape index (κ3) is 4.89. The molecule has 2 amide bonds. The van der Waals surface area contributed by atoms with E-state index in [9.17, 15) is 9.59 Å². The van der Waals surface area contributed by atoms with Gasteiger partial charge in [0.1, 0.15) is 6.54 Å². The Morgan fingerprint density at radius 2 is 2.05 bits per heavy atom. The van der Waals surface area contributed by atoms with Crippen molar-refractivity contribution in [1.29, 1.82) is 0 Å². The van der Waals surface area contributed by atoms with E-state index in [0.29, 0.717) is 6.54 Å². The van der Waals surface area contributed by atoms with Gasteiger partial charge in [-0.2, -0.15) is 0 Å². The molecule has 22 heavy (non-hydrogen) atoms. The van der Waals surface area contributed by atoms with Crippen molar-refractivity contribution < 1.29 is 14.3 Å². The first kappa shape index (κ1) is 15.5. The van der Waals surface area contributed by atoms with Crippen LogP contribution in [0.25, 0.3) is 0 Å². The van der Waals surface area contributed by atoms with Crippen LogP contribution in [0, 0.1) is 0 Å². The second-order valence-electron chi connectivity index (χ2n) is 4.41. The van der Waals surface area contributed by atoms with Gasteiger partial charge in [0.2, 0.25) is 5.91 Å². The van der Waals surface area contributed by atoms with Gasteiger partial charge in [0, 0.05) is 6.54 Å². The molecule has 0 saturated heterocycles. The summed E-state index contributed by atoms with van der Waals surface area (Å²) < 4.78 is 6.05. The number of hydrogen-bond donors (Lipinski definition) is 2. The van der Waals surface area contributed by atoms with Crippen LogP contribution in [0.15, 0.2) is 36.5 Å². The number of hydrogen-bond acceptors (Lipinski definition) is 5. The average Bonchev–Trinajstić information content (AvgIpc) is 2.93. The number of aromatic nitrogens is 3. The Kier molecular flexibility index (Phi) is 5.47. The molecule has 0 atom stereocenters. The topological polar surface area (TPSA) is 98.1 Å². The first-order valence-corrected chi connectivity index (χ1v) is 6.82. The van der Waals surface area contributed by atoms with Crippen molar-refractivity contribution in [3.63, 3.8) is 0 Å². The number of rotatable bonds is 6. The predicted molar refractivity (Wildman–Crippen MR) is 79.0 cm³/mol. The fourth-order valence-corrected chi connectivity index (χ4v) is 1.70. The minimum atomic E-state index is -0.608. The van der Waals surface area contributed by atoms with Crippen LogP contribution in [0.4, 0.5) is 10.6 Å². The van der Waals surface area contributed by atoms with Gasteiger partial charge in [0.05, 0.1) is 12.8 Å². The number of amides is 2. The molecule has 0 aliphatic rings. The van der Waals surface area contributed by atoms with Crippen molar-refractivity contribution >= 4 is 17.8 Å². The van der Waals surface area contributed by atoms with Gasteiger partial charge in [0.15, 0.2) is 5.82 Å². The summed E-state index contributed by atoms with van der Waals surface area (Å²) in [6.07, 6.45) is 0.849. The van der Waals surface area contributed by atoms with Crippen LogP contribution in [-0.4, -0.2) is 33.6 Å². The van der Waals surface area contributed by atoms with E-state index in [2.05, 4.69) is 20.9 Å². The summed E-state index contributed by atoms with van der Waals surface area (Å²) in [7, 11) is 0. The molecule has 0 aliphatic heterocycles. The monoisotopic (exact) mass is 303 g/mol. The van der Waals surface area contributed by atoms with Gasteiger partial charge in [-0.1, -0.05) is 35.5 Å². The van der Waals surface area contributed by atoms with Gasteiger partial charge in [0.25, 0.3) is 0 Å². The van der Waals surface area contributed by atoms with Gasteiger partial charge in [-0.3, -0.25) is 10.1 Å². The minimum Gasteiger partial charge on any atom is -0.450 e. The number of carbonyl (C=O) groups is 2. The van der Waals surface area contributed by atoms with Crippen LogP contribution >= 0.6 is 0 Å². The van der Waals surface area contributed by atoms with Crippen LogP contribution in [0.1, 0.15) is 12.5 Å². The predicted octanol–water partition coefficient (Wildman–Crippen LogP) is 1.16. The highest BCUT2D eigenvalue weighted by Crippen LogP contribution is 2.01. The Morgan fingerprint density at radius 1 is 1.27 bits per heavy atom. The number of benzene rings is 1. The quantitative estimate of drug-likeness (QED) is 0.834. The molecule has 0 aliphatic carbocycles. The highest BCUT2D eigenvalue weighted by molar-refractivity contribution is 5.83. The molecule has 0 bridgehead atoms. The molecule has 1 aromatic carbocycles. The van der Waals surface area contributed by atoms with Gasteiger partial charge in [-0.15, -0.1) is 5.10 Å². The minimum absolute atomic E-state index is 0.0182. The third-order valence-corrected chi connectivity index (χ3v) is 2.68. The Morgan fingerprint density at radius 3 is 2.77 bits per heavy atom. The van der Waals surface area contributed by atoms with E-state index in [1.165, 1.54) is 10.9 Å². The lowest BCUT2D eigenvalue weighted by atomic mass is 10.2. The molecular formula is C14H17N5O3. The molecule has 2 N–H and O–H groups in total. The summed E-state index contributed by atoms with van der Waals surface area (Å²) >= 11 is 0. The molecule has 2 rings (SSSR count). The SMILES string of the molecule is CCOC(=O)Nc1cn(CC(=O)NCc2ccccc2)nn1. The number of nitrogens with one attached hydrogen (secondary N) is 2. The summed E-state index contributed by atoms with van der Waals surface area (Å²) in [6, 6.07) is 9.59. The van der Waals surface area contributed by atoms with Gasteiger partial charge in [-0.05, 0) is 12.5 Å². The molecule has 2 aromatic rings. The third-order valence-electron chi connectivity index (χ3n) is 2.68. The zero-order valence-electron chi connectivity index (χ0n) is 12.2. The highest BCUT2D eigenvalue weighted by Gasteiger charge is 2.08. The van der Waals surface area contributed by atoms with Crippen molar-refractivity contribution in [3.8, 4) is 0 Å². The Hall–Kier alpha value is -2.90. The van der Waals surface area contributed by atoms with Crippen molar-refractivity contribution in [1.82, 2.24) is 20.3 Å². The van der Waals surface area contributed by atoms with Crippen molar-refractivity contribution in [3.05, 3.63) is 42.1 Å². The lowest BCUT2D eigenvalue weighted by Crippen LogP contribution is -2.27. The molecule has 8 nitrogen and oxygen atoms in total. The molecule has 0 radical (unpaired) electrons. The molecular weight excluding hydrogens is 286 g/mol. The molecule has 0 saturated carbocycles. The maximum Gasteiger partial charge on any atom is 0.412 e. The van der Waals surface area contributed by atoms with Crippen LogP contribution < -0.4 is 10.6 Å². The fraction of sp³-hybridized carbons (Fsp3) is 0.286. The average molecular weight is 303 g/mol. The Bertz CT molecular complexity index is 626. The summed E-state index contributed by atoms with van der Waals surface area (Å²) in [5.41, 5.74) is 1.01. The lowest BCUT2D eigenvalue weighted by molar-refractivity contribution is -0.122. The van der Waals surface area contributed by atoms with Crippen molar-refractivity contribution in [2.24, 2.45) is 0 Å². The van der Waals surface area contributed by atoms with Crippen molar-refractivity contribution in [2.75, 3.05) is 11.9 Å². The number of nitrogens with zero attached hydrogens (tertiary/aromatic N) is 3. The van der Waals surface area contributed by atoms with E-state index in [1.54, 1.807) is 6.92 Å². The molecule has 0 spiro atoms. The van der Waals surface area contributed by atoms with Gasteiger partial charge >= 0.3 is 6.09 Å². The van der Waals surface area contributed by atoms with E-state index in [4.69, 9.17) is 4.74 Å². The van der Waals surface area contributed by atoms with E-state index < -0.39 is 6.09 Å². The summed E-state index contributed by atoms with van der Waals surface area (Å²) in [6.45, 7) is 2.43. The highest BCUT2D eigenvalue weighted by atomic mass is 16.5. The zero-order valence-corrected chi connectivity index (χ0v) is 12.2. The van der Waals surface area contributed by atoms with E-state index in [1.807, 2.05) is 30.3 Å². The second-order valence-corrected chi connectivity index (χ2v) is 4.41. The van der Waals surface area contributed by atoms with Crippen LogP contribution in [0.2, 0.25) is 0 Å². The first-order chi connectivity index (χ1) is 10.7. The van der Waals surface area contributed by atoms with E-state index in [0.717, 1.165) is 5.56 Å². The second kappa shape index (κ2) is 7.77. The molecule has 8 heteroatoms. The summed E-state index contributed by atoms with van der Waals surface area (Å²) in [5, 5.41) is 12.7. The molecule has 1 aromatic heterocycles. The van der Waals surface area contributed by atoms with Crippen LogP contribution in [-0.2, 0) is 22.6 Å². The standard InChI is InChI=1S/C14H17N5O3/c1-2-22-14(21)16-12-9-19(18-17-12)10-13(20)15-8-11-6-4-3-5-7-11/h3-7,9H,2,8,10H2,1H3,(H,15,20)(H,16,21). The van der Waals surface area contributed by atoms with Gasteiger partial charge < -0.3 is 10.1 Å². The molecule has 0 unspecified atom stereocenters. The van der Waals surface area contributed by atoms with Crippen molar-refractivity contribution in [2.45, 2.75) is 20.0 Å². The summed E-state index contributed by atoms with van der Waals surface area (Å²) in [4.78, 5) is 23.0. The lowest BCUT2D eigenvalue weighted by Gasteiger charge is -2.04. The van der Waals surface area contributed by atoms with Gasteiger partial charge in [-0.25, -0.2) is 9.48 Å². The Balaban J connectivity index is 1.79. The molecule has 116 valence electrons. The Labute approximate surface area is 127 Å². The number of ether oxygens (including phenoxy) is 1. The zero-order chi connectivity index (χ0) is 15.8. The largest absolute Gasteiger partial charge is 0.450 e. The number of carbonyl (C=O) groups excluding carboxylic acids is 2. The maximum atomic E-state index is 11.8. The maximum absolute atomic E-state index is 11.8. The number of anilines is 1. The van der Waals surface area contributed by atoms with E-state index >= 15 is 0 Å². The summed E-state index contributed by atoms with van der Waals surface area (Å²) in [5.74, 6) is 0.0331.